The zero-order valence-electron chi connectivity index (χ0n) is 19.3. The molecule has 0 aliphatic carbocycles. The summed E-state index contributed by atoms with van der Waals surface area (Å²) in [4.78, 5) is 0. The molecule has 2 heteroatoms. The van der Waals surface area contributed by atoms with Crippen LogP contribution in [0.3, 0.4) is 0 Å². The molecule has 0 radical (unpaired) electrons. The van der Waals surface area contributed by atoms with Crippen LogP contribution >= 0.6 is 0 Å². The van der Waals surface area contributed by atoms with Gasteiger partial charge >= 0.3 is 0 Å². The van der Waals surface area contributed by atoms with E-state index in [9.17, 15) is 0 Å². The van der Waals surface area contributed by atoms with Crippen LogP contribution in [0.25, 0.3) is 0 Å². The van der Waals surface area contributed by atoms with Gasteiger partial charge in [0.05, 0.1) is 0 Å². The third-order valence-electron chi connectivity index (χ3n) is 5.82. The highest BCUT2D eigenvalue weighted by atomic mass is 14.9. The fourth-order valence-corrected chi connectivity index (χ4v) is 3.88. The second-order valence-corrected chi connectivity index (χ2v) is 8.59. The number of hydrogen-bond acceptors (Lipinski definition) is 2. The third-order valence-corrected chi connectivity index (χ3v) is 5.82. The minimum absolute atomic E-state index is 0.941. The van der Waals surface area contributed by atoms with E-state index in [1.54, 1.807) is 0 Å². The molecule has 2 rings (SSSR count). The third kappa shape index (κ3) is 12.1. The van der Waals surface area contributed by atoms with Crippen molar-refractivity contribution in [1.82, 2.24) is 10.6 Å². The average Bonchev–Trinajstić information content (AvgIpc) is 2.79. The van der Waals surface area contributed by atoms with Gasteiger partial charge in [-0.15, -0.1) is 0 Å². The van der Waals surface area contributed by atoms with Crippen molar-refractivity contribution in [1.29, 1.82) is 0 Å². The summed E-state index contributed by atoms with van der Waals surface area (Å²) in [5.41, 5.74) is 4.21. The fraction of sp³-hybridized carbons (Fsp3) is 0.571. The predicted molar refractivity (Wildman–Crippen MR) is 132 cm³/mol. The number of aryl methyl sites for hydroxylation is 1. The van der Waals surface area contributed by atoms with Crippen LogP contribution in [0.4, 0.5) is 0 Å². The molecule has 2 aromatic carbocycles. The van der Waals surface area contributed by atoms with Crippen LogP contribution in [0.1, 0.15) is 87.8 Å². The molecular formula is C28H44N2. The van der Waals surface area contributed by atoms with E-state index >= 15 is 0 Å². The largest absolute Gasteiger partial charge is 0.311 e. The zero-order valence-corrected chi connectivity index (χ0v) is 19.3. The highest BCUT2D eigenvalue weighted by Gasteiger charge is 1.97. The summed E-state index contributed by atoms with van der Waals surface area (Å²) < 4.78 is 0. The van der Waals surface area contributed by atoms with Crippen LogP contribution in [-0.4, -0.2) is 13.1 Å². The first-order valence-electron chi connectivity index (χ1n) is 12.4. The quantitative estimate of drug-likeness (QED) is 0.259. The monoisotopic (exact) mass is 408 g/mol. The van der Waals surface area contributed by atoms with Gasteiger partial charge in [0.2, 0.25) is 0 Å². The van der Waals surface area contributed by atoms with Gasteiger partial charge in [-0.05, 0) is 29.5 Å². The van der Waals surface area contributed by atoms with E-state index in [0.717, 1.165) is 26.2 Å². The van der Waals surface area contributed by atoms with Gasteiger partial charge in [-0.2, -0.15) is 0 Å². The van der Waals surface area contributed by atoms with Crippen molar-refractivity contribution in [3.05, 3.63) is 71.3 Å². The summed E-state index contributed by atoms with van der Waals surface area (Å²) in [6, 6.07) is 19.8. The molecule has 0 aliphatic heterocycles. The Kier molecular flexibility index (Phi) is 14.0. The van der Waals surface area contributed by atoms with Crippen LogP contribution in [-0.2, 0) is 19.5 Å². The van der Waals surface area contributed by atoms with Crippen molar-refractivity contribution < 1.29 is 0 Å². The number of nitrogens with one attached hydrogen (secondary N) is 2. The van der Waals surface area contributed by atoms with E-state index in [0.29, 0.717) is 0 Å². The van der Waals surface area contributed by atoms with Crippen molar-refractivity contribution in [3.8, 4) is 0 Å². The van der Waals surface area contributed by atoms with E-state index in [1.807, 2.05) is 0 Å². The fourth-order valence-electron chi connectivity index (χ4n) is 3.88. The Morgan fingerprint density at radius 3 is 1.53 bits per heavy atom. The highest BCUT2D eigenvalue weighted by Crippen LogP contribution is 2.13. The molecule has 2 aromatic rings. The molecule has 0 saturated heterocycles. The topological polar surface area (TPSA) is 24.1 Å². The molecule has 0 amide bonds. The van der Waals surface area contributed by atoms with Gasteiger partial charge in [0.15, 0.2) is 0 Å². The van der Waals surface area contributed by atoms with Crippen LogP contribution in [0, 0.1) is 0 Å². The van der Waals surface area contributed by atoms with Gasteiger partial charge in [0.1, 0.15) is 0 Å². The van der Waals surface area contributed by atoms with Gasteiger partial charge in [-0.25, -0.2) is 0 Å². The first-order chi connectivity index (χ1) is 14.9. The lowest BCUT2D eigenvalue weighted by molar-refractivity contribution is 0.556. The lowest BCUT2D eigenvalue weighted by atomic mass is 10.0. The molecule has 0 aromatic heterocycles. The lowest BCUT2D eigenvalue weighted by Gasteiger charge is -2.08. The van der Waals surface area contributed by atoms with Crippen molar-refractivity contribution in [2.75, 3.05) is 13.1 Å². The van der Waals surface area contributed by atoms with E-state index in [2.05, 4.69) is 72.2 Å². The molecule has 2 nitrogen and oxygen atoms in total. The van der Waals surface area contributed by atoms with Crippen molar-refractivity contribution >= 4 is 0 Å². The molecule has 0 saturated carbocycles. The van der Waals surface area contributed by atoms with E-state index < -0.39 is 0 Å². The van der Waals surface area contributed by atoms with Gasteiger partial charge in [0, 0.05) is 26.2 Å². The second-order valence-electron chi connectivity index (χ2n) is 8.59. The Morgan fingerprint density at radius 2 is 0.967 bits per heavy atom. The van der Waals surface area contributed by atoms with E-state index in [4.69, 9.17) is 0 Å². The summed E-state index contributed by atoms with van der Waals surface area (Å²) in [5, 5.41) is 7.02. The molecule has 0 heterocycles. The van der Waals surface area contributed by atoms with Crippen LogP contribution in [0.15, 0.2) is 54.6 Å². The highest BCUT2D eigenvalue weighted by molar-refractivity contribution is 5.22. The van der Waals surface area contributed by atoms with Crippen molar-refractivity contribution in [2.45, 2.75) is 90.6 Å². The maximum Gasteiger partial charge on any atom is 0.0206 e. The summed E-state index contributed by atoms with van der Waals surface area (Å²) in [6.07, 6.45) is 15.3. The first-order valence-corrected chi connectivity index (χ1v) is 12.4. The maximum atomic E-state index is 3.53. The Morgan fingerprint density at radius 1 is 0.500 bits per heavy atom. The molecule has 30 heavy (non-hydrogen) atoms. The molecule has 0 fully saturated rings. The normalized spacial score (nSPS) is 11.1. The van der Waals surface area contributed by atoms with Crippen molar-refractivity contribution in [2.24, 2.45) is 0 Å². The lowest BCUT2D eigenvalue weighted by Crippen LogP contribution is -2.26. The Labute approximate surface area is 185 Å². The standard InChI is InChI=1S/C28H44N2/c1-2-3-4-5-6-7-8-9-10-12-15-26-18-20-28(21-19-26)25-30-23-22-29-24-27-16-13-11-14-17-27/h11,13-14,16-21,29-30H,2-10,12,15,22-25H2,1H3. The van der Waals surface area contributed by atoms with Gasteiger partial charge in [-0.3, -0.25) is 0 Å². The van der Waals surface area contributed by atoms with E-state index in [-0.39, 0.29) is 0 Å². The van der Waals surface area contributed by atoms with Crippen molar-refractivity contribution in [3.63, 3.8) is 0 Å². The minimum Gasteiger partial charge on any atom is -0.311 e. The summed E-state index contributed by atoms with van der Waals surface area (Å²) >= 11 is 0. The first kappa shape index (κ1) is 24.6. The molecule has 0 atom stereocenters. The molecule has 0 aliphatic rings. The Balaban J connectivity index is 1.43. The minimum atomic E-state index is 0.941. The number of rotatable bonds is 18. The van der Waals surface area contributed by atoms with Gasteiger partial charge in [-0.1, -0.05) is 119 Å². The Hall–Kier alpha value is -1.64. The summed E-state index contributed by atoms with van der Waals surface area (Å²) in [6.45, 7) is 6.16. The average molecular weight is 409 g/mol. The van der Waals surface area contributed by atoms with Crippen LogP contribution in [0.2, 0.25) is 0 Å². The number of unbranched alkanes of at least 4 members (excludes halogenated alkanes) is 9. The SMILES string of the molecule is CCCCCCCCCCCCc1ccc(CNCCNCc2ccccc2)cc1. The van der Waals surface area contributed by atoms with Gasteiger partial charge in [0.25, 0.3) is 0 Å². The molecule has 0 spiro atoms. The zero-order chi connectivity index (χ0) is 21.1. The van der Waals surface area contributed by atoms with E-state index in [1.165, 1.54) is 87.3 Å². The molecule has 2 N–H and O–H groups in total. The second kappa shape index (κ2) is 17.1. The smallest absolute Gasteiger partial charge is 0.0206 e. The predicted octanol–water partition coefficient (Wildman–Crippen LogP) is 7.03. The number of benzene rings is 2. The molecule has 166 valence electrons. The summed E-state index contributed by atoms with van der Waals surface area (Å²) in [7, 11) is 0. The maximum absolute atomic E-state index is 3.53. The number of hydrogen-bond donors (Lipinski definition) is 2. The van der Waals surface area contributed by atoms with Crippen LogP contribution in [0.5, 0.6) is 0 Å². The van der Waals surface area contributed by atoms with Crippen LogP contribution < -0.4 is 10.6 Å². The molecule has 0 bridgehead atoms. The van der Waals surface area contributed by atoms with Gasteiger partial charge < -0.3 is 10.6 Å². The molecular weight excluding hydrogens is 364 g/mol. The summed E-state index contributed by atoms with van der Waals surface area (Å²) in [5.74, 6) is 0. The molecule has 0 unspecified atom stereocenters. The Bertz CT molecular complexity index is 621.